The van der Waals surface area contributed by atoms with Crippen molar-refractivity contribution < 1.29 is 17.9 Å². The Morgan fingerprint density at radius 2 is 1.58 bits per heavy atom. The zero-order chi connectivity index (χ0) is 22.8. The van der Waals surface area contributed by atoms with E-state index in [4.69, 9.17) is 4.74 Å². The van der Waals surface area contributed by atoms with E-state index in [2.05, 4.69) is 45.5 Å². The van der Waals surface area contributed by atoms with Crippen molar-refractivity contribution in [3.63, 3.8) is 0 Å². The molecule has 0 N–H and O–H groups in total. The van der Waals surface area contributed by atoms with Crippen LogP contribution in [0, 0.1) is 0 Å². The summed E-state index contributed by atoms with van der Waals surface area (Å²) in [4.78, 5) is 6.09. The summed E-state index contributed by atoms with van der Waals surface area (Å²) in [6.45, 7) is 5.93. The minimum absolute atomic E-state index is 0.0985. The molecule has 0 aliphatic carbocycles. The lowest BCUT2D eigenvalue weighted by molar-refractivity contribution is -0.137. The van der Waals surface area contributed by atoms with Crippen LogP contribution in [0.5, 0.6) is 0 Å². The van der Waals surface area contributed by atoms with Gasteiger partial charge in [-0.1, -0.05) is 42.5 Å². The molecule has 1 saturated heterocycles. The van der Waals surface area contributed by atoms with Gasteiger partial charge in [-0.25, -0.2) is 0 Å². The predicted octanol–water partition coefficient (Wildman–Crippen LogP) is 5.79. The number of hydrogen-bond donors (Lipinski definition) is 0. The van der Waals surface area contributed by atoms with Crippen LogP contribution in [0.3, 0.4) is 0 Å². The normalized spacial score (nSPS) is 22.3. The van der Waals surface area contributed by atoms with Gasteiger partial charge in [-0.15, -0.1) is 11.3 Å². The van der Waals surface area contributed by atoms with Crippen molar-refractivity contribution in [3.05, 3.63) is 93.2 Å². The van der Waals surface area contributed by atoms with Crippen LogP contribution in [0.2, 0.25) is 0 Å². The predicted molar refractivity (Wildman–Crippen MR) is 124 cm³/mol. The van der Waals surface area contributed by atoms with Gasteiger partial charge in [-0.2, -0.15) is 13.2 Å². The fourth-order valence-corrected chi connectivity index (χ4v) is 5.78. The van der Waals surface area contributed by atoms with Crippen LogP contribution in [-0.4, -0.2) is 49.1 Å². The molecule has 2 aliphatic rings. The highest BCUT2D eigenvalue weighted by Crippen LogP contribution is 2.41. The topological polar surface area (TPSA) is 15.7 Å². The molecule has 2 aliphatic heterocycles. The van der Waals surface area contributed by atoms with Gasteiger partial charge in [0.15, 0.2) is 0 Å². The molecule has 7 heteroatoms. The Balaban J connectivity index is 1.15. The van der Waals surface area contributed by atoms with E-state index in [-0.39, 0.29) is 6.10 Å². The van der Waals surface area contributed by atoms with Crippen molar-refractivity contribution in [2.45, 2.75) is 24.7 Å². The average Bonchev–Trinajstić information content (AvgIpc) is 3.31. The summed E-state index contributed by atoms with van der Waals surface area (Å²) in [5.41, 5.74) is 3.02. The molecule has 0 bridgehead atoms. The van der Waals surface area contributed by atoms with Gasteiger partial charge in [0.2, 0.25) is 0 Å². The molecule has 3 nitrogen and oxygen atoms in total. The summed E-state index contributed by atoms with van der Waals surface area (Å²) in [7, 11) is 0. The molecular weight excluding hydrogens is 445 g/mol. The van der Waals surface area contributed by atoms with E-state index in [1.165, 1.54) is 28.1 Å². The summed E-state index contributed by atoms with van der Waals surface area (Å²) >= 11 is 1.78. The Kier molecular flexibility index (Phi) is 6.56. The van der Waals surface area contributed by atoms with Crippen molar-refractivity contribution in [1.82, 2.24) is 9.80 Å². The second kappa shape index (κ2) is 9.58. The van der Waals surface area contributed by atoms with Gasteiger partial charge in [0, 0.05) is 50.1 Å². The summed E-state index contributed by atoms with van der Waals surface area (Å²) in [5.74, 6) is 0.296. The molecule has 1 fully saturated rings. The molecule has 3 heterocycles. The molecule has 2 atom stereocenters. The summed E-state index contributed by atoms with van der Waals surface area (Å²) < 4.78 is 44.7. The average molecular weight is 473 g/mol. The second-order valence-corrected chi connectivity index (χ2v) is 9.74. The number of rotatable bonds is 5. The number of ether oxygens (including phenoxy) is 1. The van der Waals surface area contributed by atoms with E-state index in [0.29, 0.717) is 19.1 Å². The molecule has 5 rings (SSSR count). The SMILES string of the molecule is FC(F)(F)c1ccc(CN2CCN(CC3OCC(c4ccccc4)c4ccsc43)CC2)cc1. The first-order chi connectivity index (χ1) is 16.0. The van der Waals surface area contributed by atoms with Crippen molar-refractivity contribution in [1.29, 1.82) is 0 Å². The van der Waals surface area contributed by atoms with Crippen LogP contribution in [0.4, 0.5) is 13.2 Å². The third-order valence-corrected chi connectivity index (χ3v) is 7.66. The number of benzene rings is 2. The molecule has 2 unspecified atom stereocenters. The number of halogens is 3. The molecule has 2 aromatic carbocycles. The molecule has 174 valence electrons. The quantitative estimate of drug-likeness (QED) is 0.468. The van der Waals surface area contributed by atoms with E-state index >= 15 is 0 Å². The maximum absolute atomic E-state index is 12.8. The molecular formula is C26H27F3N2OS. The number of alkyl halides is 3. The summed E-state index contributed by atoms with van der Waals surface area (Å²) in [6.07, 6.45) is -4.18. The van der Waals surface area contributed by atoms with Crippen LogP contribution in [-0.2, 0) is 17.5 Å². The lowest BCUT2D eigenvalue weighted by Gasteiger charge is -2.38. The number of hydrogen-bond acceptors (Lipinski definition) is 4. The van der Waals surface area contributed by atoms with Crippen LogP contribution < -0.4 is 0 Å². The van der Waals surface area contributed by atoms with Crippen LogP contribution in [0.15, 0.2) is 66.0 Å². The van der Waals surface area contributed by atoms with Crippen LogP contribution in [0.1, 0.15) is 39.2 Å². The summed E-state index contributed by atoms with van der Waals surface area (Å²) in [5, 5.41) is 2.17. The van der Waals surface area contributed by atoms with E-state index < -0.39 is 11.7 Å². The van der Waals surface area contributed by atoms with Gasteiger partial charge in [0.1, 0.15) is 6.10 Å². The van der Waals surface area contributed by atoms with E-state index in [1.807, 2.05) is 6.07 Å². The largest absolute Gasteiger partial charge is 0.416 e. The number of piperazine rings is 1. The third kappa shape index (κ3) is 5.17. The number of thiophene rings is 1. The maximum atomic E-state index is 12.8. The van der Waals surface area contributed by atoms with Gasteiger partial charge < -0.3 is 4.74 Å². The van der Waals surface area contributed by atoms with Crippen molar-refractivity contribution >= 4 is 11.3 Å². The lowest BCUT2D eigenvalue weighted by Crippen LogP contribution is -2.47. The Bertz CT molecular complexity index is 1040. The maximum Gasteiger partial charge on any atom is 0.416 e. The smallest absolute Gasteiger partial charge is 0.370 e. The molecule has 0 spiro atoms. The van der Waals surface area contributed by atoms with Gasteiger partial charge in [-0.3, -0.25) is 9.80 Å². The highest BCUT2D eigenvalue weighted by molar-refractivity contribution is 7.10. The van der Waals surface area contributed by atoms with Gasteiger partial charge in [0.05, 0.1) is 12.2 Å². The van der Waals surface area contributed by atoms with Gasteiger partial charge in [-0.05, 0) is 40.3 Å². The third-order valence-electron chi connectivity index (χ3n) is 6.64. The first-order valence-corrected chi connectivity index (χ1v) is 12.2. The van der Waals surface area contributed by atoms with E-state index in [0.717, 1.165) is 38.3 Å². The lowest BCUT2D eigenvalue weighted by atomic mass is 9.89. The Labute approximate surface area is 196 Å². The number of nitrogens with zero attached hydrogens (tertiary/aromatic N) is 2. The van der Waals surface area contributed by atoms with E-state index in [9.17, 15) is 13.2 Å². The molecule has 33 heavy (non-hydrogen) atoms. The minimum Gasteiger partial charge on any atom is -0.370 e. The second-order valence-electron chi connectivity index (χ2n) is 8.80. The molecule has 0 amide bonds. The zero-order valence-corrected chi connectivity index (χ0v) is 19.1. The van der Waals surface area contributed by atoms with Crippen molar-refractivity contribution in [3.8, 4) is 0 Å². The van der Waals surface area contributed by atoms with Gasteiger partial charge in [0.25, 0.3) is 0 Å². The van der Waals surface area contributed by atoms with Crippen molar-refractivity contribution in [2.75, 3.05) is 39.3 Å². The van der Waals surface area contributed by atoms with Gasteiger partial charge >= 0.3 is 6.18 Å². The fourth-order valence-electron chi connectivity index (χ4n) is 4.78. The minimum atomic E-state index is -4.28. The Morgan fingerprint density at radius 1 is 0.879 bits per heavy atom. The fraction of sp³-hybridized carbons (Fsp3) is 0.385. The Morgan fingerprint density at radius 3 is 2.27 bits per heavy atom. The highest BCUT2D eigenvalue weighted by atomic mass is 32.1. The van der Waals surface area contributed by atoms with E-state index in [1.54, 1.807) is 23.5 Å². The monoisotopic (exact) mass is 472 g/mol. The molecule has 0 saturated carbocycles. The zero-order valence-electron chi connectivity index (χ0n) is 18.3. The summed E-state index contributed by atoms with van der Waals surface area (Å²) in [6, 6.07) is 18.3. The first kappa shape index (κ1) is 22.6. The van der Waals surface area contributed by atoms with Crippen LogP contribution in [0.25, 0.3) is 0 Å². The molecule has 1 aromatic heterocycles. The standard InChI is InChI=1S/C26H27F3N2OS/c27-26(28,29)21-8-6-19(7-9-21)16-30-11-13-31(14-12-30)17-24-25-22(10-15-33-25)23(18-32-24)20-4-2-1-3-5-20/h1-10,15,23-24H,11-14,16-18H2. The first-order valence-electron chi connectivity index (χ1n) is 11.3. The molecule has 0 radical (unpaired) electrons. The van der Waals surface area contributed by atoms with Crippen LogP contribution >= 0.6 is 11.3 Å². The number of fused-ring (bicyclic) bond motifs is 1. The highest BCUT2D eigenvalue weighted by Gasteiger charge is 2.32. The Hall–Kier alpha value is -2.19. The molecule has 3 aromatic rings. The van der Waals surface area contributed by atoms with Crippen molar-refractivity contribution in [2.24, 2.45) is 0 Å².